The van der Waals surface area contributed by atoms with Crippen molar-refractivity contribution in [2.24, 2.45) is 10.2 Å². The molecule has 1 saturated heterocycles. The van der Waals surface area contributed by atoms with E-state index in [-0.39, 0.29) is 36.9 Å². The molecule has 0 bridgehead atoms. The van der Waals surface area contributed by atoms with E-state index in [1.54, 1.807) is 72.8 Å². The van der Waals surface area contributed by atoms with Crippen molar-refractivity contribution in [3.8, 4) is 0 Å². The van der Waals surface area contributed by atoms with Gasteiger partial charge in [0.25, 0.3) is 0 Å². The van der Waals surface area contributed by atoms with Crippen LogP contribution in [0.5, 0.6) is 0 Å². The number of aryl methyl sites for hydroxylation is 1. The molecule has 46 heavy (non-hydrogen) atoms. The van der Waals surface area contributed by atoms with E-state index >= 15 is 0 Å². The highest BCUT2D eigenvalue weighted by atomic mass is 32.2. The van der Waals surface area contributed by atoms with Crippen molar-refractivity contribution in [1.82, 2.24) is 0 Å². The molecule has 1 atom stereocenters. The molecule has 0 unspecified atom stereocenters. The monoisotopic (exact) mass is 634 g/mol. The molecule has 1 aliphatic rings. The summed E-state index contributed by atoms with van der Waals surface area (Å²) in [5, 5.41) is 10.5. The van der Waals surface area contributed by atoms with Gasteiger partial charge >= 0.3 is 5.97 Å². The minimum atomic E-state index is -0.653. The highest BCUT2D eigenvalue weighted by molar-refractivity contribution is 8.00. The summed E-state index contributed by atoms with van der Waals surface area (Å²) in [4.78, 5) is 64.7. The largest absolute Gasteiger partial charge is 0.457 e. The number of carbonyl (C=O) groups excluding carboxylic acids is 5. The van der Waals surface area contributed by atoms with Crippen molar-refractivity contribution in [3.63, 3.8) is 0 Å². The molecule has 0 aromatic heterocycles. The Morgan fingerprint density at radius 2 is 1.54 bits per heavy atom. The Balaban J connectivity index is 1.10. The van der Waals surface area contributed by atoms with Gasteiger partial charge in [-0.3, -0.25) is 24.0 Å². The number of nitrogens with zero attached hydrogens (tertiary/aromatic N) is 3. The molecular formula is C35H30N4O6S. The molecule has 1 fully saturated rings. The fourth-order valence-electron chi connectivity index (χ4n) is 4.54. The molecule has 1 heterocycles. The molecule has 10 nitrogen and oxygen atoms in total. The van der Waals surface area contributed by atoms with Crippen LogP contribution in [0.1, 0.15) is 35.2 Å². The maximum absolute atomic E-state index is 13.2. The Hall–Kier alpha value is -5.42. The highest BCUT2D eigenvalue weighted by Crippen LogP contribution is 2.35. The lowest BCUT2D eigenvalue weighted by molar-refractivity contribution is -0.143. The van der Waals surface area contributed by atoms with Gasteiger partial charge in [-0.15, -0.1) is 11.8 Å². The SMILES string of the molecule is Cc1ccc(C(=O)COC(=O)CCC(=O)Nc2cccc(S[C@@H]3CC(=O)N(c4ccc(N=Nc5ccccc5)cc4)C3=O)c2)cc1. The number of Topliss-reactive ketones (excluding diaryl/α,β-unsaturated/α-hetero) is 1. The Morgan fingerprint density at radius 3 is 2.26 bits per heavy atom. The summed E-state index contributed by atoms with van der Waals surface area (Å²) in [6.45, 7) is 1.51. The number of imide groups is 1. The van der Waals surface area contributed by atoms with Crippen LogP contribution in [0.3, 0.4) is 0 Å². The number of hydrogen-bond acceptors (Lipinski definition) is 9. The van der Waals surface area contributed by atoms with E-state index in [9.17, 15) is 24.0 Å². The number of ether oxygens (including phenoxy) is 1. The maximum atomic E-state index is 13.2. The molecule has 3 amide bonds. The molecule has 1 aliphatic heterocycles. The first-order valence-electron chi connectivity index (χ1n) is 14.5. The van der Waals surface area contributed by atoms with Gasteiger partial charge in [-0.2, -0.15) is 10.2 Å². The van der Waals surface area contributed by atoms with Crippen LogP contribution < -0.4 is 10.2 Å². The van der Waals surface area contributed by atoms with Gasteiger partial charge in [0.15, 0.2) is 12.4 Å². The molecule has 11 heteroatoms. The quantitative estimate of drug-likeness (QED) is 0.0769. The van der Waals surface area contributed by atoms with Crippen molar-refractivity contribution in [1.29, 1.82) is 0 Å². The first-order chi connectivity index (χ1) is 22.2. The Bertz CT molecular complexity index is 1780. The van der Waals surface area contributed by atoms with Crippen LogP contribution in [0.25, 0.3) is 0 Å². The average Bonchev–Trinajstić information content (AvgIpc) is 3.34. The topological polar surface area (TPSA) is 135 Å². The summed E-state index contributed by atoms with van der Waals surface area (Å²) in [6, 6.07) is 29.8. The maximum Gasteiger partial charge on any atom is 0.306 e. The molecule has 0 saturated carbocycles. The van der Waals surface area contributed by atoms with Crippen molar-refractivity contribution >= 4 is 64.0 Å². The fraction of sp³-hybridized carbons (Fsp3) is 0.171. The lowest BCUT2D eigenvalue weighted by Gasteiger charge is -2.15. The van der Waals surface area contributed by atoms with Crippen molar-refractivity contribution in [2.75, 3.05) is 16.8 Å². The molecule has 4 aromatic carbocycles. The van der Waals surface area contributed by atoms with Gasteiger partial charge in [0.1, 0.15) is 0 Å². The minimum Gasteiger partial charge on any atom is -0.457 e. The number of ketones is 1. The third-order valence-corrected chi connectivity index (χ3v) is 8.12. The molecule has 0 aliphatic carbocycles. The Morgan fingerprint density at radius 1 is 0.848 bits per heavy atom. The average molecular weight is 635 g/mol. The second-order valence-electron chi connectivity index (χ2n) is 10.5. The predicted molar refractivity (Wildman–Crippen MR) is 175 cm³/mol. The van der Waals surface area contributed by atoms with Gasteiger partial charge in [-0.1, -0.05) is 54.1 Å². The van der Waals surface area contributed by atoms with E-state index in [4.69, 9.17) is 4.74 Å². The van der Waals surface area contributed by atoms with Gasteiger partial charge < -0.3 is 10.1 Å². The number of hydrogen-bond donors (Lipinski definition) is 1. The van der Waals surface area contributed by atoms with Gasteiger partial charge in [-0.25, -0.2) is 4.90 Å². The van der Waals surface area contributed by atoms with Crippen LogP contribution in [-0.2, 0) is 23.9 Å². The van der Waals surface area contributed by atoms with Crippen LogP contribution >= 0.6 is 11.8 Å². The second kappa shape index (κ2) is 15.0. The molecular weight excluding hydrogens is 604 g/mol. The van der Waals surface area contributed by atoms with E-state index in [0.717, 1.165) is 5.56 Å². The summed E-state index contributed by atoms with van der Waals surface area (Å²) >= 11 is 1.24. The van der Waals surface area contributed by atoms with Crippen LogP contribution in [-0.4, -0.2) is 41.3 Å². The van der Waals surface area contributed by atoms with E-state index in [1.807, 2.05) is 37.3 Å². The van der Waals surface area contributed by atoms with Crippen LogP contribution in [0.2, 0.25) is 0 Å². The summed E-state index contributed by atoms with van der Waals surface area (Å²) in [5.74, 6) is -2.02. The fourth-order valence-corrected chi connectivity index (χ4v) is 5.65. The zero-order chi connectivity index (χ0) is 32.5. The van der Waals surface area contributed by atoms with Crippen molar-refractivity contribution in [2.45, 2.75) is 36.3 Å². The first kappa shape index (κ1) is 32.0. The van der Waals surface area contributed by atoms with E-state index in [2.05, 4.69) is 15.5 Å². The molecule has 1 N–H and O–H groups in total. The zero-order valence-electron chi connectivity index (χ0n) is 24.9. The third kappa shape index (κ3) is 8.60. The number of anilines is 2. The molecule has 0 spiro atoms. The summed E-state index contributed by atoms with van der Waals surface area (Å²) < 4.78 is 5.03. The number of amides is 3. The van der Waals surface area contributed by atoms with E-state index in [1.165, 1.54) is 16.7 Å². The predicted octanol–water partition coefficient (Wildman–Crippen LogP) is 6.98. The Labute approximate surface area is 269 Å². The van der Waals surface area contributed by atoms with Crippen LogP contribution in [0.4, 0.5) is 22.7 Å². The zero-order valence-corrected chi connectivity index (χ0v) is 25.7. The highest BCUT2D eigenvalue weighted by Gasteiger charge is 2.40. The van der Waals surface area contributed by atoms with Gasteiger partial charge in [0.2, 0.25) is 17.7 Å². The number of benzene rings is 4. The summed E-state index contributed by atoms with van der Waals surface area (Å²) in [6.07, 6.45) is -0.289. The van der Waals surface area contributed by atoms with Crippen LogP contribution in [0.15, 0.2) is 118 Å². The number of rotatable bonds is 12. The molecule has 5 rings (SSSR count). The summed E-state index contributed by atoms with van der Waals surface area (Å²) in [7, 11) is 0. The number of nitrogens with one attached hydrogen (secondary N) is 1. The number of azo groups is 1. The number of thioether (sulfide) groups is 1. The normalized spacial score (nSPS) is 14.5. The van der Waals surface area contributed by atoms with E-state index in [0.29, 0.717) is 33.2 Å². The summed E-state index contributed by atoms with van der Waals surface area (Å²) in [5.41, 5.74) is 3.69. The van der Waals surface area contributed by atoms with Gasteiger partial charge in [0.05, 0.1) is 28.7 Å². The molecule has 232 valence electrons. The minimum absolute atomic E-state index is 0.0318. The van der Waals surface area contributed by atoms with Crippen molar-refractivity contribution in [3.05, 3.63) is 114 Å². The van der Waals surface area contributed by atoms with Gasteiger partial charge in [-0.05, 0) is 61.5 Å². The molecule has 0 radical (unpaired) electrons. The van der Waals surface area contributed by atoms with Crippen LogP contribution in [0, 0.1) is 6.92 Å². The van der Waals surface area contributed by atoms with Crippen molar-refractivity contribution < 1.29 is 28.7 Å². The van der Waals surface area contributed by atoms with Gasteiger partial charge in [0, 0.05) is 29.0 Å². The molecule has 4 aromatic rings. The Kier molecular flexibility index (Phi) is 10.5. The smallest absolute Gasteiger partial charge is 0.306 e. The first-order valence-corrected chi connectivity index (χ1v) is 15.4. The number of esters is 1. The second-order valence-corrected chi connectivity index (χ2v) is 11.7. The lowest BCUT2D eigenvalue weighted by atomic mass is 10.1. The standard InChI is InChI=1S/C35H30N4O6S/c1-23-10-12-24(13-11-23)30(40)22-45-34(43)19-18-32(41)36-27-8-5-9-29(20-27)46-31-21-33(42)39(35(31)44)28-16-14-26(15-17-28)38-37-25-6-3-2-4-7-25/h2-17,20,31H,18-19,21-22H2,1H3,(H,36,41)/t31-/m1/s1. The number of carbonyl (C=O) groups is 5. The third-order valence-electron chi connectivity index (χ3n) is 6.94. The van der Waals surface area contributed by atoms with E-state index < -0.39 is 23.7 Å². The lowest BCUT2D eigenvalue weighted by Crippen LogP contribution is -2.31.